The van der Waals surface area contributed by atoms with Crippen molar-refractivity contribution in [1.82, 2.24) is 4.90 Å². The van der Waals surface area contributed by atoms with E-state index < -0.39 is 5.41 Å². The molecule has 35 heavy (non-hydrogen) atoms. The molecule has 1 aliphatic rings. The topological polar surface area (TPSA) is 79.9 Å². The molecule has 0 spiro atoms. The van der Waals surface area contributed by atoms with Crippen LogP contribution in [-0.4, -0.2) is 50.4 Å². The molecular formula is C27H37N3O4S. The predicted octanol–water partition coefficient (Wildman–Crippen LogP) is 5.50. The van der Waals surface area contributed by atoms with Crippen LogP contribution in [0.1, 0.15) is 52.0 Å². The number of likely N-dealkylation sites (tertiary alicyclic amines) is 1. The van der Waals surface area contributed by atoms with Gasteiger partial charge in [-0.1, -0.05) is 26.0 Å². The van der Waals surface area contributed by atoms with Gasteiger partial charge in [-0.2, -0.15) is 0 Å². The van der Waals surface area contributed by atoms with Crippen LogP contribution in [0, 0.1) is 0 Å². The lowest BCUT2D eigenvalue weighted by Gasteiger charge is -2.34. The maximum Gasteiger partial charge on any atom is 0.219 e. The summed E-state index contributed by atoms with van der Waals surface area (Å²) < 4.78 is 15.4. The van der Waals surface area contributed by atoms with Crippen molar-refractivity contribution in [3.8, 4) is 11.5 Å². The summed E-state index contributed by atoms with van der Waals surface area (Å²) in [6, 6.07) is 11.8. The summed E-state index contributed by atoms with van der Waals surface area (Å²) >= 11 is 1.46. The first-order valence-electron chi connectivity index (χ1n) is 12.2. The first kappa shape index (κ1) is 26.7. The third-order valence-electron chi connectivity index (χ3n) is 6.90. The smallest absolute Gasteiger partial charge is 0.219 e. The molecular weight excluding hydrogens is 462 g/mol. The van der Waals surface area contributed by atoms with Gasteiger partial charge in [0.05, 0.1) is 23.1 Å². The van der Waals surface area contributed by atoms with Gasteiger partial charge in [0.25, 0.3) is 0 Å². The molecule has 2 N–H and O–H groups in total. The number of nitrogens with one attached hydrogen (secondary N) is 2. The van der Waals surface area contributed by atoms with Crippen molar-refractivity contribution in [2.45, 2.75) is 62.9 Å². The quantitative estimate of drug-likeness (QED) is 0.312. The monoisotopic (exact) mass is 499 g/mol. The number of carbonyl (C=O) groups is 2. The van der Waals surface area contributed by atoms with Crippen LogP contribution in [0.4, 0.5) is 11.4 Å². The van der Waals surface area contributed by atoms with Gasteiger partial charge in [0.1, 0.15) is 23.9 Å². The number of carbonyl (C=O) groups excluding carboxylic acids is 2. The molecule has 1 saturated heterocycles. The lowest BCUT2D eigenvalue weighted by Crippen LogP contribution is -2.40. The maximum absolute atomic E-state index is 12.4. The third kappa shape index (κ3) is 6.04. The summed E-state index contributed by atoms with van der Waals surface area (Å²) in [5.74, 6) is 1.60. The number of methoxy groups -OCH3 is 1. The SMILES string of the molecule is CCC(C=O)(CC)c1cc(NSc2ccccc2OC)cc(OC2CCN(C(C)=O)CC2)c1NC. The van der Waals surface area contributed by atoms with Gasteiger partial charge in [-0.15, -0.1) is 0 Å². The minimum atomic E-state index is -0.624. The number of nitrogens with zero attached hydrogens (tertiary/aromatic N) is 1. The number of amides is 1. The van der Waals surface area contributed by atoms with Crippen molar-refractivity contribution in [2.75, 3.05) is 37.3 Å². The number of aldehydes is 1. The summed E-state index contributed by atoms with van der Waals surface area (Å²) in [5, 5.41) is 3.31. The van der Waals surface area contributed by atoms with Gasteiger partial charge in [-0.25, -0.2) is 0 Å². The maximum atomic E-state index is 12.4. The number of para-hydroxylation sites is 1. The number of anilines is 2. The molecule has 0 aromatic heterocycles. The van der Waals surface area contributed by atoms with Crippen LogP contribution in [0.5, 0.6) is 11.5 Å². The molecule has 1 heterocycles. The Morgan fingerprint density at radius 3 is 2.43 bits per heavy atom. The van der Waals surface area contributed by atoms with Crippen LogP contribution in [0.25, 0.3) is 0 Å². The molecule has 0 radical (unpaired) electrons. The van der Waals surface area contributed by atoms with Gasteiger partial charge in [0.2, 0.25) is 5.91 Å². The molecule has 0 atom stereocenters. The zero-order valence-electron chi connectivity index (χ0n) is 21.3. The van der Waals surface area contributed by atoms with Crippen LogP contribution in [0.3, 0.4) is 0 Å². The van der Waals surface area contributed by atoms with Crippen molar-refractivity contribution in [3.05, 3.63) is 42.0 Å². The van der Waals surface area contributed by atoms with E-state index in [1.807, 2.05) is 62.2 Å². The molecule has 7 nitrogen and oxygen atoms in total. The third-order valence-corrected chi connectivity index (χ3v) is 7.80. The van der Waals surface area contributed by atoms with Gasteiger partial charge in [-0.3, -0.25) is 4.79 Å². The minimum absolute atomic E-state index is 0.00319. The Labute approximate surface area is 213 Å². The Morgan fingerprint density at radius 2 is 1.86 bits per heavy atom. The lowest BCUT2D eigenvalue weighted by molar-refractivity contribution is -0.130. The zero-order chi connectivity index (χ0) is 25.4. The summed E-state index contributed by atoms with van der Waals surface area (Å²) in [6.45, 7) is 7.06. The number of ether oxygens (including phenoxy) is 2. The average Bonchev–Trinajstić information content (AvgIpc) is 2.89. The highest BCUT2D eigenvalue weighted by atomic mass is 32.2. The van der Waals surface area contributed by atoms with Crippen LogP contribution in [0.2, 0.25) is 0 Å². The Bertz CT molecular complexity index is 1020. The summed E-state index contributed by atoms with van der Waals surface area (Å²) in [6.07, 6.45) is 3.97. The highest BCUT2D eigenvalue weighted by Gasteiger charge is 2.33. The van der Waals surface area contributed by atoms with E-state index in [0.29, 0.717) is 31.7 Å². The molecule has 0 unspecified atom stereocenters. The Morgan fingerprint density at radius 1 is 1.17 bits per heavy atom. The fraction of sp³-hybridized carbons (Fsp3) is 0.481. The highest BCUT2D eigenvalue weighted by Crippen LogP contribution is 2.43. The standard InChI is InChI=1S/C27H37N3O4S/c1-6-27(7-2,18-31)22-16-20(29-35-25-11-9-8-10-23(25)33-5)17-24(26(22)28-4)34-21-12-14-30(15-13-21)19(3)32/h8-11,16-18,21,28-29H,6-7,12-15H2,1-5H3. The molecule has 2 aromatic rings. The molecule has 8 heteroatoms. The van der Waals surface area contributed by atoms with Crippen molar-refractivity contribution >= 4 is 35.5 Å². The molecule has 1 fully saturated rings. The summed E-state index contributed by atoms with van der Waals surface area (Å²) in [5.41, 5.74) is 1.98. The second-order valence-electron chi connectivity index (χ2n) is 8.81. The van der Waals surface area contributed by atoms with Gasteiger partial charge < -0.3 is 29.2 Å². The molecule has 0 aliphatic carbocycles. The second kappa shape index (κ2) is 12.2. The molecule has 1 amide bonds. The van der Waals surface area contributed by atoms with E-state index in [9.17, 15) is 9.59 Å². The van der Waals surface area contributed by atoms with Crippen molar-refractivity contribution in [1.29, 1.82) is 0 Å². The number of hydrogen-bond donors (Lipinski definition) is 2. The average molecular weight is 500 g/mol. The zero-order valence-corrected chi connectivity index (χ0v) is 22.2. The molecule has 1 aliphatic heterocycles. The first-order valence-corrected chi connectivity index (χ1v) is 13.0. The number of hydrogen-bond acceptors (Lipinski definition) is 7. The molecule has 0 bridgehead atoms. The molecule has 0 saturated carbocycles. The Hall–Kier alpha value is -2.87. The van der Waals surface area contributed by atoms with E-state index in [4.69, 9.17) is 9.47 Å². The van der Waals surface area contributed by atoms with E-state index >= 15 is 0 Å². The van der Waals surface area contributed by atoms with E-state index in [1.54, 1.807) is 14.0 Å². The van der Waals surface area contributed by atoms with Crippen molar-refractivity contribution < 1.29 is 19.1 Å². The predicted molar refractivity (Wildman–Crippen MR) is 143 cm³/mol. The largest absolute Gasteiger partial charge is 0.496 e. The van der Waals surface area contributed by atoms with Crippen molar-refractivity contribution in [3.63, 3.8) is 0 Å². The molecule has 3 rings (SSSR count). The fourth-order valence-electron chi connectivity index (χ4n) is 4.56. The van der Waals surface area contributed by atoms with Gasteiger partial charge >= 0.3 is 0 Å². The van der Waals surface area contributed by atoms with E-state index in [1.165, 1.54) is 11.9 Å². The van der Waals surface area contributed by atoms with E-state index in [0.717, 1.165) is 46.7 Å². The second-order valence-corrected chi connectivity index (χ2v) is 9.65. The van der Waals surface area contributed by atoms with Crippen LogP contribution < -0.4 is 19.5 Å². The van der Waals surface area contributed by atoms with Crippen LogP contribution in [-0.2, 0) is 15.0 Å². The van der Waals surface area contributed by atoms with Gasteiger partial charge in [0, 0.05) is 51.7 Å². The fourth-order valence-corrected chi connectivity index (χ4v) is 5.31. The van der Waals surface area contributed by atoms with Crippen LogP contribution in [0.15, 0.2) is 41.3 Å². The van der Waals surface area contributed by atoms with Crippen LogP contribution >= 0.6 is 11.9 Å². The first-order chi connectivity index (χ1) is 16.9. The highest BCUT2D eigenvalue weighted by molar-refractivity contribution is 8.00. The number of rotatable bonds is 11. The number of benzene rings is 2. The lowest BCUT2D eigenvalue weighted by atomic mass is 9.76. The van der Waals surface area contributed by atoms with Crippen molar-refractivity contribution in [2.24, 2.45) is 0 Å². The summed E-state index contributed by atoms with van der Waals surface area (Å²) in [7, 11) is 3.52. The van der Waals surface area contributed by atoms with E-state index in [2.05, 4.69) is 10.0 Å². The number of piperidine rings is 1. The van der Waals surface area contributed by atoms with Gasteiger partial charge in [0.15, 0.2) is 0 Å². The van der Waals surface area contributed by atoms with Gasteiger partial charge in [-0.05, 0) is 48.6 Å². The summed E-state index contributed by atoms with van der Waals surface area (Å²) in [4.78, 5) is 26.9. The Kier molecular flexibility index (Phi) is 9.32. The molecule has 190 valence electrons. The minimum Gasteiger partial charge on any atom is -0.496 e. The molecule has 2 aromatic carbocycles. The van der Waals surface area contributed by atoms with E-state index in [-0.39, 0.29) is 12.0 Å². The normalized spacial score (nSPS) is 14.4. The Balaban J connectivity index is 1.96.